The van der Waals surface area contributed by atoms with Gasteiger partial charge in [0.15, 0.2) is 6.23 Å². The average molecular weight is 395 g/mol. The molecule has 106 valence electrons. The molecule has 1 aromatic rings. The first-order chi connectivity index (χ1) is 8.78. The fraction of sp³-hybridized carbons (Fsp3) is 0.615. The Bertz CT molecular complexity index is 481. The van der Waals surface area contributed by atoms with Crippen molar-refractivity contribution in [2.24, 2.45) is 0 Å². The Hall–Kier alpha value is -0.340. The second kappa shape index (κ2) is 5.57. The molecule has 0 saturated carbocycles. The van der Waals surface area contributed by atoms with E-state index >= 15 is 0 Å². The molecule has 1 aliphatic rings. The fourth-order valence-corrected chi connectivity index (χ4v) is 3.93. The number of thiophene rings is 1. The van der Waals surface area contributed by atoms with Crippen LogP contribution in [0.3, 0.4) is 0 Å². The van der Waals surface area contributed by atoms with Crippen LogP contribution in [0.2, 0.25) is 0 Å². The predicted molar refractivity (Wildman–Crippen MR) is 83.4 cm³/mol. The molecule has 0 saturated heterocycles. The number of rotatable bonds is 1. The quantitative estimate of drug-likeness (QED) is 0.680. The van der Waals surface area contributed by atoms with Crippen molar-refractivity contribution in [1.82, 2.24) is 4.90 Å². The van der Waals surface area contributed by atoms with Gasteiger partial charge in [0.2, 0.25) is 0 Å². The van der Waals surface area contributed by atoms with Crippen molar-refractivity contribution >= 4 is 40.0 Å². The summed E-state index contributed by atoms with van der Waals surface area (Å²) in [7, 11) is 1.72. The molecular weight excluding hydrogens is 377 g/mol. The smallest absolute Gasteiger partial charge is 0.412 e. The van der Waals surface area contributed by atoms with Gasteiger partial charge in [0.05, 0.1) is 9.49 Å². The van der Waals surface area contributed by atoms with Crippen LogP contribution in [-0.4, -0.2) is 30.2 Å². The van der Waals surface area contributed by atoms with Crippen LogP contribution in [0.15, 0.2) is 6.07 Å². The molecule has 4 nitrogen and oxygen atoms in total. The SMILES string of the molecule is CN(C(=O)OC(C)(C)C)[C@@H]1OCCc2sc(I)cc21. The van der Waals surface area contributed by atoms with Gasteiger partial charge in [-0.25, -0.2) is 4.79 Å². The van der Waals surface area contributed by atoms with E-state index in [1.54, 1.807) is 18.4 Å². The van der Waals surface area contributed by atoms with E-state index in [1.165, 1.54) is 12.7 Å². The molecule has 0 fully saturated rings. The third-order valence-corrected chi connectivity index (χ3v) is 4.69. The minimum absolute atomic E-state index is 0.335. The molecule has 1 amide bonds. The minimum atomic E-state index is -0.494. The number of hydrogen-bond acceptors (Lipinski definition) is 4. The molecule has 1 atom stereocenters. The molecule has 2 heterocycles. The maximum atomic E-state index is 12.1. The summed E-state index contributed by atoms with van der Waals surface area (Å²) < 4.78 is 12.3. The summed E-state index contributed by atoms with van der Waals surface area (Å²) in [6, 6.07) is 2.09. The highest BCUT2D eigenvalue weighted by Crippen LogP contribution is 2.36. The Morgan fingerprint density at radius 2 is 2.26 bits per heavy atom. The van der Waals surface area contributed by atoms with Gasteiger partial charge in [0.25, 0.3) is 0 Å². The van der Waals surface area contributed by atoms with E-state index < -0.39 is 5.60 Å². The third-order valence-electron chi connectivity index (χ3n) is 2.72. The topological polar surface area (TPSA) is 38.8 Å². The maximum Gasteiger partial charge on any atom is 0.412 e. The van der Waals surface area contributed by atoms with Gasteiger partial charge in [-0.1, -0.05) is 0 Å². The summed E-state index contributed by atoms with van der Waals surface area (Å²) in [6.45, 7) is 6.22. The molecule has 6 heteroatoms. The number of amides is 1. The molecule has 0 spiro atoms. The van der Waals surface area contributed by atoms with Gasteiger partial charge < -0.3 is 9.47 Å². The Labute approximate surface area is 131 Å². The van der Waals surface area contributed by atoms with Gasteiger partial charge in [-0.15, -0.1) is 11.3 Å². The highest BCUT2D eigenvalue weighted by Gasteiger charge is 2.31. The van der Waals surface area contributed by atoms with E-state index in [9.17, 15) is 4.79 Å². The molecule has 1 aliphatic heterocycles. The van der Waals surface area contributed by atoms with Crippen LogP contribution in [0, 0.1) is 2.88 Å². The number of carbonyl (C=O) groups is 1. The van der Waals surface area contributed by atoms with E-state index in [4.69, 9.17) is 9.47 Å². The monoisotopic (exact) mass is 395 g/mol. The number of halogens is 1. The second-order valence-corrected chi connectivity index (χ2v) is 8.52. The van der Waals surface area contributed by atoms with E-state index in [1.807, 2.05) is 20.8 Å². The molecule has 1 aromatic heterocycles. The largest absolute Gasteiger partial charge is 0.444 e. The van der Waals surface area contributed by atoms with Gasteiger partial charge >= 0.3 is 6.09 Å². The highest BCUT2D eigenvalue weighted by atomic mass is 127. The number of hydrogen-bond donors (Lipinski definition) is 0. The number of nitrogens with zero attached hydrogens (tertiary/aromatic N) is 1. The van der Waals surface area contributed by atoms with Crippen molar-refractivity contribution in [3.63, 3.8) is 0 Å². The van der Waals surface area contributed by atoms with Crippen LogP contribution >= 0.6 is 33.9 Å². The molecule has 19 heavy (non-hydrogen) atoms. The normalized spacial score (nSPS) is 18.9. The first-order valence-electron chi connectivity index (χ1n) is 6.13. The van der Waals surface area contributed by atoms with Gasteiger partial charge in [0.1, 0.15) is 5.60 Å². The lowest BCUT2D eigenvalue weighted by Crippen LogP contribution is -2.39. The molecule has 0 aliphatic carbocycles. The van der Waals surface area contributed by atoms with Crippen molar-refractivity contribution in [2.75, 3.05) is 13.7 Å². The van der Waals surface area contributed by atoms with Crippen molar-refractivity contribution < 1.29 is 14.3 Å². The lowest BCUT2D eigenvalue weighted by atomic mass is 10.1. The summed E-state index contributed by atoms with van der Waals surface area (Å²) in [4.78, 5) is 14.9. The standard InChI is InChI=1S/C13H18INO3S/c1-13(2,3)18-12(16)15(4)11-8-7-10(14)19-9(8)5-6-17-11/h7,11H,5-6H2,1-4H3/t11-/m1/s1. The van der Waals surface area contributed by atoms with Crippen LogP contribution in [0.25, 0.3) is 0 Å². The predicted octanol–water partition coefficient (Wildman–Crippen LogP) is 3.79. The van der Waals surface area contributed by atoms with Crippen molar-refractivity contribution in [2.45, 2.75) is 39.0 Å². The zero-order valence-corrected chi connectivity index (χ0v) is 14.5. The van der Waals surface area contributed by atoms with Crippen LogP contribution in [0.5, 0.6) is 0 Å². The molecule has 0 N–H and O–H groups in total. The zero-order valence-electron chi connectivity index (χ0n) is 11.5. The Balaban J connectivity index is 2.16. The zero-order chi connectivity index (χ0) is 14.2. The van der Waals surface area contributed by atoms with Crippen molar-refractivity contribution in [3.05, 3.63) is 19.4 Å². The molecular formula is C13H18INO3S. The van der Waals surface area contributed by atoms with Crippen LogP contribution in [0.1, 0.15) is 37.4 Å². The number of ether oxygens (including phenoxy) is 2. The van der Waals surface area contributed by atoms with Crippen molar-refractivity contribution in [3.8, 4) is 0 Å². The summed E-state index contributed by atoms with van der Waals surface area (Å²) >= 11 is 4.07. The fourth-order valence-electron chi connectivity index (χ4n) is 1.92. The summed E-state index contributed by atoms with van der Waals surface area (Å²) in [5.41, 5.74) is 0.598. The van der Waals surface area contributed by atoms with E-state index in [2.05, 4.69) is 28.7 Å². The van der Waals surface area contributed by atoms with E-state index in [0.29, 0.717) is 6.61 Å². The second-order valence-electron chi connectivity index (χ2n) is 5.49. The van der Waals surface area contributed by atoms with Gasteiger partial charge in [-0.2, -0.15) is 0 Å². The number of fused-ring (bicyclic) bond motifs is 1. The lowest BCUT2D eigenvalue weighted by molar-refractivity contribution is -0.0655. The highest BCUT2D eigenvalue weighted by molar-refractivity contribution is 14.1. The third kappa shape index (κ3) is 3.61. The molecule has 2 rings (SSSR count). The van der Waals surface area contributed by atoms with E-state index in [0.717, 1.165) is 12.0 Å². The Kier molecular flexibility index (Phi) is 4.42. The van der Waals surface area contributed by atoms with Gasteiger partial charge in [-0.05, 0) is 49.4 Å². The Morgan fingerprint density at radius 1 is 1.58 bits per heavy atom. The summed E-state index contributed by atoms with van der Waals surface area (Å²) in [6.07, 6.45) is 0.228. The summed E-state index contributed by atoms with van der Waals surface area (Å²) in [5, 5.41) is 0. The maximum absolute atomic E-state index is 12.1. The molecule has 0 aromatic carbocycles. The molecule has 0 bridgehead atoms. The average Bonchev–Trinajstić information content (AvgIpc) is 2.65. The van der Waals surface area contributed by atoms with Gasteiger partial charge in [-0.3, -0.25) is 4.90 Å². The van der Waals surface area contributed by atoms with Crippen LogP contribution in [0.4, 0.5) is 4.79 Å². The molecule has 0 unspecified atom stereocenters. The van der Waals surface area contributed by atoms with Crippen molar-refractivity contribution in [1.29, 1.82) is 0 Å². The Morgan fingerprint density at radius 3 is 2.89 bits per heavy atom. The first kappa shape index (κ1) is 15.1. The minimum Gasteiger partial charge on any atom is -0.444 e. The van der Waals surface area contributed by atoms with Crippen LogP contribution in [-0.2, 0) is 15.9 Å². The lowest BCUT2D eigenvalue weighted by Gasteiger charge is -2.32. The molecule has 0 radical (unpaired) electrons. The summed E-state index contributed by atoms with van der Waals surface area (Å²) in [5.74, 6) is 0. The van der Waals surface area contributed by atoms with E-state index in [-0.39, 0.29) is 12.3 Å². The first-order valence-corrected chi connectivity index (χ1v) is 8.03. The number of carbonyl (C=O) groups excluding carboxylic acids is 1. The van der Waals surface area contributed by atoms with Crippen LogP contribution < -0.4 is 0 Å². The van der Waals surface area contributed by atoms with Gasteiger partial charge in [0, 0.05) is 23.9 Å².